The van der Waals surface area contributed by atoms with Crippen LogP contribution in [0.3, 0.4) is 0 Å². The number of morpholine rings is 1. The van der Waals surface area contributed by atoms with Crippen LogP contribution >= 0.6 is 0 Å². The van der Waals surface area contributed by atoms with E-state index in [0.717, 1.165) is 0 Å². The van der Waals surface area contributed by atoms with Gasteiger partial charge in [0.05, 0.1) is 25.9 Å². The monoisotopic (exact) mass is 318 g/mol. The molecule has 0 spiro atoms. The molecule has 1 aliphatic rings. The first kappa shape index (κ1) is 16.0. The summed E-state index contributed by atoms with van der Waals surface area (Å²) in [5, 5.41) is 18.4. The summed E-state index contributed by atoms with van der Waals surface area (Å²) in [6, 6.07) is -0.661. The number of carboxylic acid groups (broad SMARTS) is 1. The normalized spacial score (nSPS) is 20.6. The van der Waals surface area contributed by atoms with Gasteiger partial charge >= 0.3 is 5.97 Å². The molecule has 2 rings (SSSR count). The summed E-state index contributed by atoms with van der Waals surface area (Å²) in [5.74, 6) is -1.21. The Labute approximate surface area is 122 Å². The number of hydrogen-bond donors (Lipinski definition) is 3. The number of aliphatic hydroxyl groups excluding tert-OH is 1. The van der Waals surface area contributed by atoms with E-state index in [-0.39, 0.29) is 48.2 Å². The van der Waals surface area contributed by atoms with E-state index >= 15 is 0 Å². The second-order valence-electron chi connectivity index (χ2n) is 4.91. The minimum Gasteiger partial charge on any atom is -0.477 e. The van der Waals surface area contributed by atoms with Crippen molar-refractivity contribution < 1.29 is 28.2 Å². The molecule has 1 aromatic heterocycles. The molecule has 0 saturated carbocycles. The Morgan fingerprint density at radius 2 is 2.14 bits per heavy atom. The number of aromatic carboxylic acids is 1. The molecule has 0 bridgehead atoms. The molecule has 21 heavy (non-hydrogen) atoms. The topological polar surface area (TPSA) is 120 Å². The van der Waals surface area contributed by atoms with E-state index in [1.807, 2.05) is 0 Å². The van der Waals surface area contributed by atoms with Gasteiger partial charge in [-0.2, -0.15) is 4.31 Å². The van der Waals surface area contributed by atoms with Crippen LogP contribution in [0.25, 0.3) is 0 Å². The van der Waals surface area contributed by atoms with Crippen LogP contribution in [-0.4, -0.2) is 66.3 Å². The van der Waals surface area contributed by atoms with Gasteiger partial charge in [-0.3, -0.25) is 0 Å². The maximum Gasteiger partial charge on any atom is 0.352 e. The molecule has 1 unspecified atom stereocenters. The van der Waals surface area contributed by atoms with Gasteiger partial charge in [-0.1, -0.05) is 0 Å². The van der Waals surface area contributed by atoms with E-state index in [2.05, 4.69) is 4.98 Å². The van der Waals surface area contributed by atoms with Crippen molar-refractivity contribution in [3.8, 4) is 0 Å². The Hall–Kier alpha value is -1.42. The summed E-state index contributed by atoms with van der Waals surface area (Å²) in [6.45, 7) is 3.09. The first-order chi connectivity index (χ1) is 9.80. The summed E-state index contributed by atoms with van der Waals surface area (Å²) in [6.07, 6.45) is 0. The van der Waals surface area contributed by atoms with Crippen LogP contribution in [0.5, 0.6) is 0 Å². The molecule has 1 aliphatic heterocycles. The molecule has 1 aromatic rings. The fourth-order valence-electron chi connectivity index (χ4n) is 2.55. The Balaban J connectivity index is 2.51. The van der Waals surface area contributed by atoms with Crippen molar-refractivity contribution in [3.05, 3.63) is 17.0 Å². The number of nitrogens with zero attached hydrogens (tertiary/aromatic N) is 1. The average Bonchev–Trinajstić information content (AvgIpc) is 2.74. The van der Waals surface area contributed by atoms with Gasteiger partial charge in [0.15, 0.2) is 0 Å². The highest BCUT2D eigenvalue weighted by Crippen LogP contribution is 2.28. The lowest BCUT2D eigenvalue weighted by Gasteiger charge is -2.33. The van der Waals surface area contributed by atoms with Crippen LogP contribution in [0.15, 0.2) is 4.90 Å². The third-order valence-electron chi connectivity index (χ3n) is 3.53. The minimum absolute atomic E-state index is 0.0414. The fraction of sp³-hybridized carbons (Fsp3) is 0.583. The third-order valence-corrected chi connectivity index (χ3v) is 5.76. The molecule has 1 fully saturated rings. The summed E-state index contributed by atoms with van der Waals surface area (Å²) < 4.78 is 31.9. The van der Waals surface area contributed by atoms with Crippen molar-refractivity contribution in [2.24, 2.45) is 0 Å². The number of ether oxygens (including phenoxy) is 1. The fourth-order valence-corrected chi connectivity index (χ4v) is 4.55. The highest BCUT2D eigenvalue weighted by atomic mass is 32.2. The van der Waals surface area contributed by atoms with E-state index in [1.165, 1.54) is 18.2 Å². The number of carboxylic acids is 1. The molecule has 2 heterocycles. The predicted molar refractivity (Wildman–Crippen MR) is 72.8 cm³/mol. The number of aromatic nitrogens is 1. The van der Waals surface area contributed by atoms with E-state index < -0.39 is 22.0 Å². The van der Waals surface area contributed by atoms with Crippen LogP contribution in [0.4, 0.5) is 0 Å². The molecule has 1 atom stereocenters. The zero-order valence-electron chi connectivity index (χ0n) is 11.8. The number of rotatable bonds is 4. The van der Waals surface area contributed by atoms with Crippen molar-refractivity contribution in [3.63, 3.8) is 0 Å². The van der Waals surface area contributed by atoms with Gasteiger partial charge in [0.1, 0.15) is 10.6 Å². The van der Waals surface area contributed by atoms with Gasteiger partial charge in [0.25, 0.3) is 0 Å². The number of aliphatic hydroxyl groups is 1. The first-order valence-corrected chi connectivity index (χ1v) is 7.87. The SMILES string of the molecule is Cc1[nH]c(C(=O)O)c(C)c1S(=O)(=O)N1CCOCC1CO. The Morgan fingerprint density at radius 1 is 1.48 bits per heavy atom. The van der Waals surface area contributed by atoms with Crippen molar-refractivity contribution in [2.75, 3.05) is 26.4 Å². The van der Waals surface area contributed by atoms with Crippen LogP contribution in [0.2, 0.25) is 0 Å². The zero-order valence-corrected chi connectivity index (χ0v) is 12.6. The smallest absolute Gasteiger partial charge is 0.352 e. The lowest BCUT2D eigenvalue weighted by Crippen LogP contribution is -2.50. The van der Waals surface area contributed by atoms with Gasteiger partial charge in [0.2, 0.25) is 10.0 Å². The number of nitrogens with one attached hydrogen (secondary N) is 1. The van der Waals surface area contributed by atoms with Crippen LogP contribution < -0.4 is 0 Å². The number of H-pyrrole nitrogens is 1. The van der Waals surface area contributed by atoms with E-state index in [9.17, 15) is 18.3 Å². The van der Waals surface area contributed by atoms with Crippen LogP contribution in [-0.2, 0) is 14.8 Å². The summed E-state index contributed by atoms with van der Waals surface area (Å²) >= 11 is 0. The Kier molecular flexibility index (Phi) is 4.38. The minimum atomic E-state index is -3.90. The molecule has 0 aromatic carbocycles. The summed E-state index contributed by atoms with van der Waals surface area (Å²) in [7, 11) is -3.90. The quantitative estimate of drug-likeness (QED) is 0.702. The highest BCUT2D eigenvalue weighted by molar-refractivity contribution is 7.89. The van der Waals surface area contributed by atoms with Crippen LogP contribution in [0.1, 0.15) is 21.7 Å². The molecular formula is C12H18N2O6S. The average molecular weight is 318 g/mol. The van der Waals surface area contributed by atoms with Gasteiger partial charge in [-0.05, 0) is 13.8 Å². The van der Waals surface area contributed by atoms with Crippen molar-refractivity contribution in [1.82, 2.24) is 9.29 Å². The third kappa shape index (κ3) is 2.69. The second-order valence-corrected chi connectivity index (χ2v) is 6.74. The molecule has 0 amide bonds. The number of carbonyl (C=O) groups is 1. The molecule has 1 saturated heterocycles. The number of sulfonamides is 1. The standard InChI is InChI=1S/C12H18N2O6S/c1-7-10(12(16)17)13-8(2)11(7)21(18,19)14-3-4-20-6-9(14)5-15/h9,13,15H,3-6H2,1-2H3,(H,16,17). The molecule has 8 nitrogen and oxygen atoms in total. The molecule has 0 radical (unpaired) electrons. The Bertz CT molecular complexity index is 651. The molecule has 118 valence electrons. The predicted octanol–water partition coefficient (Wildman–Crippen LogP) is -0.288. The molecular weight excluding hydrogens is 300 g/mol. The Morgan fingerprint density at radius 3 is 2.67 bits per heavy atom. The van der Waals surface area contributed by atoms with Crippen molar-refractivity contribution >= 4 is 16.0 Å². The highest BCUT2D eigenvalue weighted by Gasteiger charge is 2.37. The van der Waals surface area contributed by atoms with Crippen LogP contribution in [0, 0.1) is 13.8 Å². The summed E-state index contributed by atoms with van der Waals surface area (Å²) in [4.78, 5) is 13.7. The second kappa shape index (κ2) is 5.76. The summed E-state index contributed by atoms with van der Waals surface area (Å²) in [5.41, 5.74) is 0.302. The lowest BCUT2D eigenvalue weighted by atomic mass is 10.2. The van der Waals surface area contributed by atoms with E-state index in [0.29, 0.717) is 0 Å². The number of aromatic amines is 1. The number of hydrogen-bond acceptors (Lipinski definition) is 5. The maximum atomic E-state index is 12.8. The molecule has 3 N–H and O–H groups in total. The van der Waals surface area contributed by atoms with Gasteiger partial charge in [-0.25, -0.2) is 13.2 Å². The number of aryl methyl sites for hydroxylation is 1. The van der Waals surface area contributed by atoms with E-state index in [4.69, 9.17) is 9.84 Å². The van der Waals surface area contributed by atoms with Gasteiger partial charge < -0.3 is 19.9 Å². The maximum absolute atomic E-state index is 12.8. The molecule has 0 aliphatic carbocycles. The van der Waals surface area contributed by atoms with E-state index in [1.54, 1.807) is 0 Å². The first-order valence-electron chi connectivity index (χ1n) is 6.43. The van der Waals surface area contributed by atoms with Crippen molar-refractivity contribution in [2.45, 2.75) is 24.8 Å². The van der Waals surface area contributed by atoms with Crippen molar-refractivity contribution in [1.29, 1.82) is 0 Å². The van der Waals surface area contributed by atoms with Gasteiger partial charge in [0, 0.05) is 17.8 Å². The lowest BCUT2D eigenvalue weighted by molar-refractivity contribution is 0.0109. The van der Waals surface area contributed by atoms with Gasteiger partial charge in [-0.15, -0.1) is 0 Å². The largest absolute Gasteiger partial charge is 0.477 e. The zero-order chi connectivity index (χ0) is 15.8. The molecule has 9 heteroatoms.